The van der Waals surface area contributed by atoms with Gasteiger partial charge in [-0.05, 0) is 37.5 Å². The molecule has 1 saturated heterocycles. The third-order valence-corrected chi connectivity index (χ3v) is 3.09. The second-order valence-electron chi connectivity index (χ2n) is 4.22. The van der Waals surface area contributed by atoms with Crippen LogP contribution in [0.2, 0.25) is 0 Å². The molecule has 0 N–H and O–H groups in total. The smallest absolute Gasteiger partial charge is 0.168 e. The summed E-state index contributed by atoms with van der Waals surface area (Å²) in [7, 11) is 0. The minimum absolute atomic E-state index is 0.0760. The molecule has 1 fully saturated rings. The Morgan fingerprint density at radius 2 is 2.13 bits per heavy atom. The first-order valence-electron chi connectivity index (χ1n) is 5.37. The highest BCUT2D eigenvalue weighted by Crippen LogP contribution is 2.20. The lowest BCUT2D eigenvalue weighted by molar-refractivity contribution is 0.0900. The lowest BCUT2D eigenvalue weighted by atomic mass is 9.95. The number of Topliss-reactive ketones (excluding diaryl/α,β-unsaturated/α-hetero) is 1. The van der Waals surface area contributed by atoms with Crippen molar-refractivity contribution in [2.75, 3.05) is 13.2 Å². The van der Waals surface area contributed by atoms with Crippen molar-refractivity contribution in [3.05, 3.63) is 34.9 Å². The first kappa shape index (κ1) is 10.4. The minimum atomic E-state index is 0.0760. The lowest BCUT2D eigenvalue weighted by Gasteiger charge is -2.08. The minimum Gasteiger partial charge on any atom is -0.381 e. The van der Waals surface area contributed by atoms with E-state index in [4.69, 9.17) is 4.74 Å². The molecule has 2 heteroatoms. The summed E-state index contributed by atoms with van der Waals surface area (Å²) in [5.74, 6) is 0.308. The molecule has 0 spiro atoms. The van der Waals surface area contributed by atoms with Crippen LogP contribution < -0.4 is 0 Å². The molecular formula is C13H16O2. The molecule has 2 nitrogen and oxygen atoms in total. The summed E-state index contributed by atoms with van der Waals surface area (Å²) in [5, 5.41) is 0. The largest absolute Gasteiger partial charge is 0.381 e. The standard InChI is InChI=1S/C13H16O2/c1-9-3-4-11(7-10(9)2)13(14)12-5-6-15-8-12/h3-4,7,12H,5-6,8H2,1-2H3. The van der Waals surface area contributed by atoms with Crippen LogP contribution in [0.5, 0.6) is 0 Å². The molecule has 1 heterocycles. The number of aryl methyl sites for hydroxylation is 2. The van der Waals surface area contributed by atoms with E-state index in [0.717, 1.165) is 18.6 Å². The van der Waals surface area contributed by atoms with Crippen molar-refractivity contribution in [1.82, 2.24) is 0 Å². The molecule has 1 aliphatic rings. The molecule has 80 valence electrons. The van der Waals surface area contributed by atoms with Crippen molar-refractivity contribution >= 4 is 5.78 Å². The van der Waals surface area contributed by atoms with Gasteiger partial charge in [0.15, 0.2) is 5.78 Å². The molecule has 1 aromatic rings. The van der Waals surface area contributed by atoms with E-state index in [1.165, 1.54) is 11.1 Å². The molecule has 1 atom stereocenters. The number of ketones is 1. The van der Waals surface area contributed by atoms with Gasteiger partial charge in [-0.3, -0.25) is 4.79 Å². The predicted octanol–water partition coefficient (Wildman–Crippen LogP) is 2.52. The summed E-state index contributed by atoms with van der Waals surface area (Å²) >= 11 is 0. The van der Waals surface area contributed by atoms with Gasteiger partial charge in [0.1, 0.15) is 0 Å². The maximum absolute atomic E-state index is 12.0. The van der Waals surface area contributed by atoms with Crippen LogP contribution in [0.15, 0.2) is 18.2 Å². The predicted molar refractivity (Wildman–Crippen MR) is 59.2 cm³/mol. The first-order valence-corrected chi connectivity index (χ1v) is 5.37. The fraction of sp³-hybridized carbons (Fsp3) is 0.462. The van der Waals surface area contributed by atoms with Crippen LogP contribution in [0.1, 0.15) is 27.9 Å². The van der Waals surface area contributed by atoms with Crippen LogP contribution in [0.3, 0.4) is 0 Å². The van der Waals surface area contributed by atoms with E-state index in [1.807, 2.05) is 25.1 Å². The van der Waals surface area contributed by atoms with Crippen LogP contribution >= 0.6 is 0 Å². The van der Waals surface area contributed by atoms with Gasteiger partial charge in [0.2, 0.25) is 0 Å². The average Bonchev–Trinajstić information content (AvgIpc) is 2.74. The van der Waals surface area contributed by atoms with E-state index in [-0.39, 0.29) is 11.7 Å². The molecule has 0 bridgehead atoms. The number of hydrogen-bond acceptors (Lipinski definition) is 2. The maximum atomic E-state index is 12.0. The van der Waals surface area contributed by atoms with Gasteiger partial charge in [-0.25, -0.2) is 0 Å². The van der Waals surface area contributed by atoms with Crippen molar-refractivity contribution < 1.29 is 9.53 Å². The number of carbonyl (C=O) groups excluding carboxylic acids is 1. The summed E-state index contributed by atoms with van der Waals surface area (Å²) in [5.41, 5.74) is 3.24. The summed E-state index contributed by atoms with van der Waals surface area (Å²) in [6.07, 6.45) is 0.867. The molecule has 0 saturated carbocycles. The van der Waals surface area contributed by atoms with Gasteiger partial charge in [0.25, 0.3) is 0 Å². The Morgan fingerprint density at radius 3 is 2.73 bits per heavy atom. The Bertz CT molecular complexity index is 376. The van der Waals surface area contributed by atoms with Crippen molar-refractivity contribution in [2.24, 2.45) is 5.92 Å². The highest BCUT2D eigenvalue weighted by atomic mass is 16.5. The third-order valence-electron chi connectivity index (χ3n) is 3.09. The number of benzene rings is 1. The number of ether oxygens (including phenoxy) is 1. The monoisotopic (exact) mass is 204 g/mol. The Labute approximate surface area is 90.3 Å². The second kappa shape index (κ2) is 4.15. The maximum Gasteiger partial charge on any atom is 0.168 e. The molecular weight excluding hydrogens is 188 g/mol. The van der Waals surface area contributed by atoms with Crippen LogP contribution in [-0.4, -0.2) is 19.0 Å². The SMILES string of the molecule is Cc1ccc(C(=O)C2CCOC2)cc1C. The van der Waals surface area contributed by atoms with Crippen molar-refractivity contribution in [1.29, 1.82) is 0 Å². The van der Waals surface area contributed by atoms with Gasteiger partial charge in [0.05, 0.1) is 6.61 Å². The van der Waals surface area contributed by atoms with Gasteiger partial charge in [-0.2, -0.15) is 0 Å². The van der Waals surface area contributed by atoms with E-state index < -0.39 is 0 Å². The lowest BCUT2D eigenvalue weighted by Crippen LogP contribution is -2.14. The molecule has 0 amide bonds. The number of hydrogen-bond donors (Lipinski definition) is 0. The quantitative estimate of drug-likeness (QED) is 0.692. The molecule has 0 aromatic heterocycles. The van der Waals surface area contributed by atoms with E-state index >= 15 is 0 Å². The van der Waals surface area contributed by atoms with E-state index in [0.29, 0.717) is 6.61 Å². The molecule has 1 aromatic carbocycles. The Morgan fingerprint density at radius 1 is 1.33 bits per heavy atom. The van der Waals surface area contributed by atoms with Gasteiger partial charge in [0, 0.05) is 18.1 Å². The molecule has 1 aliphatic heterocycles. The normalized spacial score (nSPS) is 20.5. The summed E-state index contributed by atoms with van der Waals surface area (Å²) in [6.45, 7) is 5.41. The Kier molecular flexibility index (Phi) is 2.87. The molecule has 0 aliphatic carbocycles. The Balaban J connectivity index is 2.21. The molecule has 0 radical (unpaired) electrons. The van der Waals surface area contributed by atoms with Gasteiger partial charge >= 0.3 is 0 Å². The topological polar surface area (TPSA) is 26.3 Å². The molecule has 15 heavy (non-hydrogen) atoms. The highest BCUT2D eigenvalue weighted by molar-refractivity contribution is 5.98. The Hall–Kier alpha value is -1.15. The van der Waals surface area contributed by atoms with Gasteiger partial charge in [-0.1, -0.05) is 12.1 Å². The molecule has 2 rings (SSSR count). The van der Waals surface area contributed by atoms with Gasteiger partial charge in [-0.15, -0.1) is 0 Å². The van der Waals surface area contributed by atoms with E-state index in [1.54, 1.807) is 0 Å². The van der Waals surface area contributed by atoms with E-state index in [2.05, 4.69) is 6.92 Å². The summed E-state index contributed by atoms with van der Waals surface area (Å²) in [6, 6.07) is 5.91. The number of carbonyl (C=O) groups is 1. The van der Waals surface area contributed by atoms with E-state index in [9.17, 15) is 4.79 Å². The summed E-state index contributed by atoms with van der Waals surface area (Å²) in [4.78, 5) is 12.0. The zero-order valence-corrected chi connectivity index (χ0v) is 9.25. The second-order valence-corrected chi connectivity index (χ2v) is 4.22. The van der Waals surface area contributed by atoms with Crippen molar-refractivity contribution in [3.8, 4) is 0 Å². The fourth-order valence-corrected chi connectivity index (χ4v) is 1.87. The van der Waals surface area contributed by atoms with Gasteiger partial charge < -0.3 is 4.74 Å². The highest BCUT2D eigenvalue weighted by Gasteiger charge is 2.24. The van der Waals surface area contributed by atoms with Crippen LogP contribution in [0, 0.1) is 19.8 Å². The van der Waals surface area contributed by atoms with Crippen molar-refractivity contribution in [3.63, 3.8) is 0 Å². The van der Waals surface area contributed by atoms with Crippen LogP contribution in [-0.2, 0) is 4.74 Å². The number of rotatable bonds is 2. The zero-order chi connectivity index (χ0) is 10.8. The van der Waals surface area contributed by atoms with Crippen LogP contribution in [0.4, 0.5) is 0 Å². The third kappa shape index (κ3) is 2.10. The van der Waals surface area contributed by atoms with Crippen molar-refractivity contribution in [2.45, 2.75) is 20.3 Å². The fourth-order valence-electron chi connectivity index (χ4n) is 1.87. The average molecular weight is 204 g/mol. The zero-order valence-electron chi connectivity index (χ0n) is 9.25. The first-order chi connectivity index (χ1) is 7.18. The summed E-state index contributed by atoms with van der Waals surface area (Å²) < 4.78 is 5.23. The molecule has 1 unspecified atom stereocenters. The van der Waals surface area contributed by atoms with Crippen LogP contribution in [0.25, 0.3) is 0 Å².